The van der Waals surface area contributed by atoms with Crippen LogP contribution in [0.3, 0.4) is 0 Å². The topological polar surface area (TPSA) is 49.6 Å². The smallest absolute Gasteiger partial charge is 0.264 e. The molecule has 0 unspecified atom stereocenters. The van der Waals surface area contributed by atoms with Crippen molar-refractivity contribution < 1.29 is 9.32 Å². The maximum atomic E-state index is 12.6. The number of amides is 1. The SMILES string of the molecule is O=C1c2sccc2CCN1CCN1CCC(c2noc3ccccc23)CC1. The normalized spacial score (nSPS) is 19.0. The molecule has 2 aromatic heterocycles. The molecule has 2 aliphatic heterocycles. The highest BCUT2D eigenvalue weighted by atomic mass is 32.1. The molecule has 0 aliphatic carbocycles. The van der Waals surface area contributed by atoms with Crippen LogP contribution in [0.15, 0.2) is 40.2 Å². The maximum absolute atomic E-state index is 12.6. The standard InChI is InChI=1S/C21H23N3O2S/c25-21-20-16(8-14-27-20)7-11-24(21)13-12-23-9-5-15(6-10-23)19-17-3-1-2-4-18(17)26-22-19/h1-4,8,14-15H,5-7,9-13H2. The minimum atomic E-state index is 0.218. The van der Waals surface area contributed by atoms with Crippen LogP contribution in [0.2, 0.25) is 0 Å². The summed E-state index contributed by atoms with van der Waals surface area (Å²) in [6.45, 7) is 4.74. The van der Waals surface area contributed by atoms with E-state index in [1.54, 1.807) is 11.3 Å². The molecule has 0 atom stereocenters. The van der Waals surface area contributed by atoms with E-state index in [4.69, 9.17) is 4.52 Å². The molecule has 5 nitrogen and oxygen atoms in total. The van der Waals surface area contributed by atoms with Gasteiger partial charge in [0, 0.05) is 30.9 Å². The Labute approximate surface area is 162 Å². The monoisotopic (exact) mass is 381 g/mol. The molecule has 5 rings (SSSR count). The van der Waals surface area contributed by atoms with Gasteiger partial charge < -0.3 is 14.3 Å². The van der Waals surface area contributed by atoms with Gasteiger partial charge in [-0.25, -0.2) is 0 Å². The van der Waals surface area contributed by atoms with Crippen molar-refractivity contribution >= 4 is 28.2 Å². The van der Waals surface area contributed by atoms with Crippen molar-refractivity contribution in [1.82, 2.24) is 15.0 Å². The third-order valence-electron chi connectivity index (χ3n) is 5.95. The number of likely N-dealkylation sites (tertiary alicyclic amines) is 1. The quantitative estimate of drug-likeness (QED) is 0.690. The number of thiophene rings is 1. The Morgan fingerprint density at radius 2 is 1.96 bits per heavy atom. The molecule has 1 saturated heterocycles. The number of hydrogen-bond donors (Lipinski definition) is 0. The van der Waals surface area contributed by atoms with Crippen LogP contribution >= 0.6 is 11.3 Å². The molecule has 0 saturated carbocycles. The second kappa shape index (κ2) is 7.09. The molecule has 27 heavy (non-hydrogen) atoms. The van der Waals surface area contributed by atoms with E-state index in [9.17, 15) is 4.79 Å². The molecule has 0 bridgehead atoms. The molecule has 140 valence electrons. The van der Waals surface area contributed by atoms with Crippen LogP contribution in [0.25, 0.3) is 11.0 Å². The van der Waals surface area contributed by atoms with Crippen LogP contribution in [-0.2, 0) is 6.42 Å². The Morgan fingerprint density at radius 3 is 2.85 bits per heavy atom. The van der Waals surface area contributed by atoms with Gasteiger partial charge in [-0.1, -0.05) is 17.3 Å². The molecule has 1 fully saturated rings. The molecule has 1 amide bonds. The lowest BCUT2D eigenvalue weighted by Gasteiger charge is -2.34. The van der Waals surface area contributed by atoms with E-state index in [2.05, 4.69) is 22.2 Å². The maximum Gasteiger partial charge on any atom is 0.264 e. The molecule has 6 heteroatoms. The zero-order valence-corrected chi connectivity index (χ0v) is 16.1. The van der Waals surface area contributed by atoms with Gasteiger partial charge in [-0.15, -0.1) is 11.3 Å². The Balaban J connectivity index is 1.17. The predicted octanol–water partition coefficient (Wildman–Crippen LogP) is 3.77. The number of carbonyl (C=O) groups excluding carboxylic acids is 1. The van der Waals surface area contributed by atoms with Crippen LogP contribution in [0.4, 0.5) is 0 Å². The third kappa shape index (κ3) is 3.17. The number of carbonyl (C=O) groups is 1. The molecule has 0 radical (unpaired) electrons. The molecular formula is C21H23N3O2S. The van der Waals surface area contributed by atoms with Gasteiger partial charge in [0.1, 0.15) is 0 Å². The predicted molar refractivity (Wildman–Crippen MR) is 106 cm³/mol. The summed E-state index contributed by atoms with van der Waals surface area (Å²) < 4.78 is 5.48. The summed E-state index contributed by atoms with van der Waals surface area (Å²) in [7, 11) is 0. The van der Waals surface area contributed by atoms with E-state index >= 15 is 0 Å². The van der Waals surface area contributed by atoms with Crippen LogP contribution in [0.1, 0.15) is 39.7 Å². The van der Waals surface area contributed by atoms with Crippen LogP contribution < -0.4 is 0 Å². The highest BCUT2D eigenvalue weighted by molar-refractivity contribution is 7.12. The fraction of sp³-hybridized carbons (Fsp3) is 0.429. The summed E-state index contributed by atoms with van der Waals surface area (Å²) in [6, 6.07) is 10.2. The number of para-hydroxylation sites is 1. The van der Waals surface area contributed by atoms with E-state index in [0.717, 1.165) is 73.5 Å². The van der Waals surface area contributed by atoms with Crippen molar-refractivity contribution in [2.45, 2.75) is 25.2 Å². The van der Waals surface area contributed by atoms with E-state index in [1.807, 2.05) is 28.5 Å². The Bertz CT molecular complexity index is 955. The van der Waals surface area contributed by atoms with Gasteiger partial charge in [0.2, 0.25) is 0 Å². The van der Waals surface area contributed by atoms with Crippen molar-refractivity contribution in [3.63, 3.8) is 0 Å². The molecule has 1 aromatic carbocycles. The molecule has 2 aliphatic rings. The number of piperidine rings is 1. The van der Waals surface area contributed by atoms with Gasteiger partial charge in [-0.3, -0.25) is 4.79 Å². The Kier molecular flexibility index (Phi) is 4.45. The van der Waals surface area contributed by atoms with Crippen LogP contribution in [0.5, 0.6) is 0 Å². The number of nitrogens with zero attached hydrogens (tertiary/aromatic N) is 3. The largest absolute Gasteiger partial charge is 0.356 e. The molecule has 0 N–H and O–H groups in total. The Morgan fingerprint density at radius 1 is 1.11 bits per heavy atom. The van der Waals surface area contributed by atoms with Gasteiger partial charge in [0.05, 0.1) is 10.6 Å². The number of hydrogen-bond acceptors (Lipinski definition) is 5. The van der Waals surface area contributed by atoms with E-state index in [-0.39, 0.29) is 5.91 Å². The first-order valence-corrected chi connectivity index (χ1v) is 10.6. The van der Waals surface area contributed by atoms with Gasteiger partial charge in [-0.2, -0.15) is 0 Å². The minimum Gasteiger partial charge on any atom is -0.356 e. The third-order valence-corrected chi connectivity index (χ3v) is 6.89. The summed E-state index contributed by atoms with van der Waals surface area (Å²) in [5.74, 6) is 0.686. The summed E-state index contributed by atoms with van der Waals surface area (Å²) in [5, 5.41) is 7.53. The lowest BCUT2D eigenvalue weighted by Crippen LogP contribution is -2.43. The first-order chi connectivity index (χ1) is 13.3. The molecule has 3 aromatic rings. The number of benzene rings is 1. The summed E-state index contributed by atoms with van der Waals surface area (Å²) >= 11 is 1.58. The number of fused-ring (bicyclic) bond motifs is 2. The van der Waals surface area contributed by atoms with Gasteiger partial charge in [0.25, 0.3) is 5.91 Å². The van der Waals surface area contributed by atoms with E-state index in [1.165, 1.54) is 5.56 Å². The van der Waals surface area contributed by atoms with E-state index in [0.29, 0.717) is 5.92 Å². The first kappa shape index (κ1) is 17.0. The zero-order valence-electron chi connectivity index (χ0n) is 15.3. The fourth-order valence-corrected chi connectivity index (χ4v) is 5.25. The van der Waals surface area contributed by atoms with Crippen molar-refractivity contribution in [2.75, 3.05) is 32.7 Å². The highest BCUT2D eigenvalue weighted by Crippen LogP contribution is 2.32. The summed E-state index contributed by atoms with van der Waals surface area (Å²) in [5.41, 5.74) is 3.22. The second-order valence-electron chi connectivity index (χ2n) is 7.50. The first-order valence-electron chi connectivity index (χ1n) is 9.72. The van der Waals surface area contributed by atoms with Crippen molar-refractivity contribution in [2.24, 2.45) is 0 Å². The fourth-order valence-electron chi connectivity index (χ4n) is 4.33. The minimum absolute atomic E-state index is 0.218. The van der Waals surface area contributed by atoms with Crippen molar-refractivity contribution in [3.05, 3.63) is 51.8 Å². The number of rotatable bonds is 4. The highest BCUT2D eigenvalue weighted by Gasteiger charge is 2.28. The van der Waals surface area contributed by atoms with Crippen LogP contribution in [-0.4, -0.2) is 53.6 Å². The molecule has 0 spiro atoms. The summed E-state index contributed by atoms with van der Waals surface area (Å²) in [6.07, 6.45) is 3.19. The average Bonchev–Trinajstić information content (AvgIpc) is 3.35. The molecule has 4 heterocycles. The summed E-state index contributed by atoms with van der Waals surface area (Å²) in [4.78, 5) is 18.0. The van der Waals surface area contributed by atoms with Gasteiger partial charge >= 0.3 is 0 Å². The number of aromatic nitrogens is 1. The zero-order chi connectivity index (χ0) is 18.2. The van der Waals surface area contributed by atoms with Crippen molar-refractivity contribution in [3.8, 4) is 0 Å². The second-order valence-corrected chi connectivity index (χ2v) is 8.41. The van der Waals surface area contributed by atoms with Crippen molar-refractivity contribution in [1.29, 1.82) is 0 Å². The lowest BCUT2D eigenvalue weighted by molar-refractivity contribution is 0.0716. The van der Waals surface area contributed by atoms with Crippen LogP contribution in [0, 0.1) is 0 Å². The average molecular weight is 382 g/mol. The Hall–Kier alpha value is -2.18. The molecular weight excluding hydrogens is 358 g/mol. The van der Waals surface area contributed by atoms with Gasteiger partial charge in [-0.05, 0) is 61.5 Å². The lowest BCUT2D eigenvalue weighted by atomic mass is 9.91. The van der Waals surface area contributed by atoms with Gasteiger partial charge in [0.15, 0.2) is 5.58 Å². The van der Waals surface area contributed by atoms with E-state index < -0.39 is 0 Å².